The van der Waals surface area contributed by atoms with E-state index in [0.717, 1.165) is 36.8 Å². The lowest BCUT2D eigenvalue weighted by molar-refractivity contribution is -0.133. The summed E-state index contributed by atoms with van der Waals surface area (Å²) in [5, 5.41) is 6.17. The molecule has 0 atom stereocenters. The minimum Gasteiger partial charge on any atom is -0.351 e. The molecular weight excluding hydrogens is 323 g/mol. The Morgan fingerprint density at radius 3 is 2.80 bits per heavy atom. The maximum Gasteiger partial charge on any atom is 0.226 e. The summed E-state index contributed by atoms with van der Waals surface area (Å²) in [5.41, 5.74) is 0.209. The fourth-order valence-electron chi connectivity index (χ4n) is 2.69. The third-order valence-corrected chi connectivity index (χ3v) is 4.66. The van der Waals surface area contributed by atoms with Crippen LogP contribution in [0.4, 0.5) is 4.39 Å². The highest BCUT2D eigenvalue weighted by Crippen LogP contribution is 2.32. The van der Waals surface area contributed by atoms with Crippen LogP contribution in [0.5, 0.6) is 0 Å². The van der Waals surface area contributed by atoms with E-state index in [0.29, 0.717) is 5.56 Å². The molecule has 1 aliphatic heterocycles. The van der Waals surface area contributed by atoms with E-state index in [1.54, 1.807) is 12.1 Å². The first kappa shape index (κ1) is 15.4. The Morgan fingerprint density at radius 2 is 2.15 bits per heavy atom. The first-order valence-corrected chi connectivity index (χ1v) is 7.80. The molecule has 5 heteroatoms. The summed E-state index contributed by atoms with van der Waals surface area (Å²) >= 11 is 3.32. The predicted molar refractivity (Wildman–Crippen MR) is 80.8 cm³/mol. The molecule has 2 N–H and O–H groups in total. The molecular formula is C15H20BrFN2O. The van der Waals surface area contributed by atoms with Crippen LogP contribution in [0.3, 0.4) is 0 Å². The van der Waals surface area contributed by atoms with Crippen LogP contribution in [0.15, 0.2) is 22.7 Å². The number of carbonyl (C=O) groups is 1. The highest BCUT2D eigenvalue weighted by molar-refractivity contribution is 9.10. The van der Waals surface area contributed by atoms with E-state index in [9.17, 15) is 9.18 Å². The maximum absolute atomic E-state index is 13.7. The van der Waals surface area contributed by atoms with Crippen molar-refractivity contribution in [2.75, 3.05) is 13.1 Å². The molecule has 110 valence electrons. The number of hydrogen-bond donors (Lipinski definition) is 2. The summed E-state index contributed by atoms with van der Waals surface area (Å²) in [6.45, 7) is 4.02. The second-order valence-corrected chi connectivity index (χ2v) is 6.22. The molecule has 1 aromatic carbocycles. The molecule has 3 nitrogen and oxygen atoms in total. The van der Waals surface area contributed by atoms with E-state index in [-0.39, 0.29) is 23.7 Å². The van der Waals surface area contributed by atoms with Gasteiger partial charge in [0.1, 0.15) is 5.82 Å². The van der Waals surface area contributed by atoms with Gasteiger partial charge in [-0.15, -0.1) is 0 Å². The SMILES string of the molecule is CCC1(C(=O)NCc2cc(Br)ccc2F)CCNCC1. The second-order valence-electron chi connectivity index (χ2n) is 5.30. The maximum atomic E-state index is 13.7. The number of rotatable bonds is 4. The molecule has 1 aromatic rings. The molecule has 1 heterocycles. The molecule has 0 radical (unpaired) electrons. The highest BCUT2D eigenvalue weighted by Gasteiger charge is 2.37. The van der Waals surface area contributed by atoms with E-state index in [1.165, 1.54) is 6.07 Å². The van der Waals surface area contributed by atoms with Crippen molar-refractivity contribution in [1.82, 2.24) is 10.6 Å². The molecule has 0 saturated carbocycles. The molecule has 0 aromatic heterocycles. The summed E-state index contributed by atoms with van der Waals surface area (Å²) in [6, 6.07) is 4.77. The van der Waals surface area contributed by atoms with Crippen LogP contribution in [0.2, 0.25) is 0 Å². The van der Waals surface area contributed by atoms with Crippen molar-refractivity contribution in [2.45, 2.75) is 32.7 Å². The number of nitrogens with one attached hydrogen (secondary N) is 2. The van der Waals surface area contributed by atoms with Gasteiger partial charge in [0.15, 0.2) is 0 Å². The number of carbonyl (C=O) groups excluding carboxylic acids is 1. The summed E-state index contributed by atoms with van der Waals surface area (Å²) in [7, 11) is 0. The van der Waals surface area contributed by atoms with Gasteiger partial charge in [-0.3, -0.25) is 4.79 Å². The first-order chi connectivity index (χ1) is 9.57. The van der Waals surface area contributed by atoms with Gasteiger partial charge >= 0.3 is 0 Å². The van der Waals surface area contributed by atoms with Crippen LogP contribution in [0.1, 0.15) is 31.7 Å². The van der Waals surface area contributed by atoms with Gasteiger partial charge in [-0.25, -0.2) is 4.39 Å². The lowest BCUT2D eigenvalue weighted by atomic mass is 9.76. The minimum atomic E-state index is -0.298. The van der Waals surface area contributed by atoms with Gasteiger partial charge in [0.05, 0.1) is 5.41 Å². The van der Waals surface area contributed by atoms with Gasteiger partial charge in [0.2, 0.25) is 5.91 Å². The normalized spacial score (nSPS) is 17.8. The zero-order valence-electron chi connectivity index (χ0n) is 11.6. The average molecular weight is 343 g/mol. The molecule has 2 rings (SSSR count). The molecule has 0 unspecified atom stereocenters. The van der Waals surface area contributed by atoms with E-state index < -0.39 is 0 Å². The van der Waals surface area contributed by atoms with Gasteiger partial charge in [-0.1, -0.05) is 22.9 Å². The average Bonchev–Trinajstić information content (AvgIpc) is 2.48. The zero-order valence-corrected chi connectivity index (χ0v) is 13.2. The van der Waals surface area contributed by atoms with Crippen molar-refractivity contribution in [1.29, 1.82) is 0 Å². The minimum absolute atomic E-state index is 0.0425. The first-order valence-electron chi connectivity index (χ1n) is 7.00. The van der Waals surface area contributed by atoms with Gasteiger partial charge in [0, 0.05) is 16.6 Å². The number of amides is 1. The Bertz CT molecular complexity index is 487. The highest BCUT2D eigenvalue weighted by atomic mass is 79.9. The van der Waals surface area contributed by atoms with Gasteiger partial charge in [0.25, 0.3) is 0 Å². The molecule has 1 saturated heterocycles. The standard InChI is InChI=1S/C15H20BrFN2O/c1-2-15(5-7-18-8-6-15)14(20)19-10-11-9-12(16)3-4-13(11)17/h3-4,9,18H,2,5-8,10H2,1H3,(H,19,20). The third kappa shape index (κ3) is 3.38. The number of piperidine rings is 1. The van der Waals surface area contributed by atoms with Crippen molar-refractivity contribution in [3.05, 3.63) is 34.1 Å². The van der Waals surface area contributed by atoms with Crippen LogP contribution in [-0.4, -0.2) is 19.0 Å². The Labute approximate surface area is 127 Å². The monoisotopic (exact) mass is 342 g/mol. The van der Waals surface area contributed by atoms with Crippen LogP contribution in [0.25, 0.3) is 0 Å². The Hall–Kier alpha value is -0.940. The topological polar surface area (TPSA) is 41.1 Å². The molecule has 1 fully saturated rings. The molecule has 0 bridgehead atoms. The Balaban J connectivity index is 2.02. The summed E-state index contributed by atoms with van der Waals surface area (Å²) < 4.78 is 14.5. The van der Waals surface area contributed by atoms with E-state index in [1.807, 2.05) is 6.92 Å². The molecule has 0 spiro atoms. The predicted octanol–water partition coefficient (Wildman–Crippen LogP) is 2.98. The van der Waals surface area contributed by atoms with E-state index in [4.69, 9.17) is 0 Å². The summed E-state index contributed by atoms with van der Waals surface area (Å²) in [6.07, 6.45) is 2.51. The van der Waals surface area contributed by atoms with Gasteiger partial charge < -0.3 is 10.6 Å². The summed E-state index contributed by atoms with van der Waals surface area (Å²) in [4.78, 5) is 12.4. The molecule has 0 aliphatic carbocycles. The van der Waals surface area contributed by atoms with E-state index in [2.05, 4.69) is 26.6 Å². The van der Waals surface area contributed by atoms with Gasteiger partial charge in [-0.05, 0) is 50.6 Å². The number of benzene rings is 1. The second kappa shape index (κ2) is 6.68. The Morgan fingerprint density at radius 1 is 1.45 bits per heavy atom. The zero-order chi connectivity index (χ0) is 14.6. The fraction of sp³-hybridized carbons (Fsp3) is 0.533. The van der Waals surface area contributed by atoms with Crippen LogP contribution in [0, 0.1) is 11.2 Å². The van der Waals surface area contributed by atoms with Crippen molar-refractivity contribution < 1.29 is 9.18 Å². The quantitative estimate of drug-likeness (QED) is 0.883. The lowest BCUT2D eigenvalue weighted by Gasteiger charge is -2.35. The lowest BCUT2D eigenvalue weighted by Crippen LogP contribution is -2.47. The largest absolute Gasteiger partial charge is 0.351 e. The molecule has 20 heavy (non-hydrogen) atoms. The van der Waals surface area contributed by atoms with Crippen LogP contribution in [-0.2, 0) is 11.3 Å². The van der Waals surface area contributed by atoms with E-state index >= 15 is 0 Å². The van der Waals surface area contributed by atoms with Gasteiger partial charge in [-0.2, -0.15) is 0 Å². The third-order valence-electron chi connectivity index (χ3n) is 4.17. The van der Waals surface area contributed by atoms with Crippen molar-refractivity contribution in [3.63, 3.8) is 0 Å². The van der Waals surface area contributed by atoms with Crippen molar-refractivity contribution in [2.24, 2.45) is 5.41 Å². The molecule has 1 aliphatic rings. The number of hydrogen-bond acceptors (Lipinski definition) is 2. The Kier molecular flexibility index (Phi) is 5.16. The van der Waals surface area contributed by atoms with Crippen LogP contribution < -0.4 is 10.6 Å². The fourth-order valence-corrected chi connectivity index (χ4v) is 3.10. The summed E-state index contributed by atoms with van der Waals surface area (Å²) in [5.74, 6) is -0.245. The smallest absolute Gasteiger partial charge is 0.226 e. The van der Waals surface area contributed by atoms with Crippen molar-refractivity contribution in [3.8, 4) is 0 Å². The number of halogens is 2. The van der Waals surface area contributed by atoms with Crippen molar-refractivity contribution >= 4 is 21.8 Å². The molecule has 1 amide bonds. The van der Waals surface area contributed by atoms with Crippen LogP contribution >= 0.6 is 15.9 Å².